The predicted molar refractivity (Wildman–Crippen MR) is 119 cm³/mol. The minimum absolute atomic E-state index is 0.0564. The largest absolute Gasteiger partial charge is 0.322 e. The second-order valence-electron chi connectivity index (χ2n) is 8.43. The van der Waals surface area contributed by atoms with Crippen LogP contribution in [-0.4, -0.2) is 38.3 Å². The van der Waals surface area contributed by atoms with Crippen LogP contribution >= 0.6 is 0 Å². The summed E-state index contributed by atoms with van der Waals surface area (Å²) >= 11 is 0. The van der Waals surface area contributed by atoms with E-state index in [1.807, 2.05) is 48.0 Å². The number of para-hydroxylation sites is 1. The van der Waals surface area contributed by atoms with E-state index >= 15 is 0 Å². The number of benzene rings is 2. The third-order valence-corrected chi connectivity index (χ3v) is 6.32. The number of nitrogens with zero attached hydrogens (tertiary/aromatic N) is 4. The maximum atomic E-state index is 13.3. The number of aromatic amines is 1. The molecule has 158 valence electrons. The first-order chi connectivity index (χ1) is 15.2. The fourth-order valence-corrected chi connectivity index (χ4v) is 4.74. The van der Waals surface area contributed by atoms with Gasteiger partial charge in [-0.05, 0) is 59.2 Å². The van der Waals surface area contributed by atoms with Gasteiger partial charge in [-0.25, -0.2) is 4.68 Å². The molecule has 0 amide bonds. The lowest BCUT2D eigenvalue weighted by Crippen LogP contribution is -3.13. The topological polar surface area (TPSA) is 80.9 Å². The number of aryl methyl sites for hydroxylation is 1. The molecule has 0 unspecified atom stereocenters. The number of likely N-dealkylation sites (tertiary alicyclic amines) is 1. The van der Waals surface area contributed by atoms with Crippen molar-refractivity contribution in [2.45, 2.75) is 38.8 Å². The fourth-order valence-electron chi connectivity index (χ4n) is 4.74. The summed E-state index contributed by atoms with van der Waals surface area (Å²) in [6.45, 7) is 4.62. The Bertz CT molecular complexity index is 1240. The number of aromatic nitrogens is 5. The van der Waals surface area contributed by atoms with Crippen molar-refractivity contribution in [3.63, 3.8) is 0 Å². The fraction of sp³-hybridized carbons (Fsp3) is 0.333. The van der Waals surface area contributed by atoms with E-state index < -0.39 is 0 Å². The number of quaternary nitrogens is 1. The van der Waals surface area contributed by atoms with Crippen LogP contribution < -0.4 is 10.5 Å². The zero-order valence-electron chi connectivity index (χ0n) is 17.7. The summed E-state index contributed by atoms with van der Waals surface area (Å²) < 4.78 is 1.85. The quantitative estimate of drug-likeness (QED) is 0.523. The molecule has 1 aliphatic heterocycles. The summed E-state index contributed by atoms with van der Waals surface area (Å²) in [4.78, 5) is 17.8. The van der Waals surface area contributed by atoms with Crippen molar-refractivity contribution >= 4 is 10.9 Å². The molecule has 1 atom stereocenters. The molecular formula is C24H27N6O+. The summed E-state index contributed by atoms with van der Waals surface area (Å²) in [5.74, 6) is 0.748. The lowest BCUT2D eigenvalue weighted by molar-refractivity contribution is -0.931. The molecule has 2 aromatic heterocycles. The van der Waals surface area contributed by atoms with Crippen LogP contribution in [0.5, 0.6) is 0 Å². The van der Waals surface area contributed by atoms with Gasteiger partial charge < -0.3 is 9.88 Å². The third kappa shape index (κ3) is 3.88. The molecule has 31 heavy (non-hydrogen) atoms. The Labute approximate surface area is 180 Å². The van der Waals surface area contributed by atoms with E-state index in [1.54, 1.807) is 0 Å². The van der Waals surface area contributed by atoms with Crippen molar-refractivity contribution in [3.8, 4) is 0 Å². The maximum absolute atomic E-state index is 13.3. The molecule has 1 fully saturated rings. The number of pyridine rings is 1. The van der Waals surface area contributed by atoms with Gasteiger partial charge in [-0.2, -0.15) is 0 Å². The van der Waals surface area contributed by atoms with Crippen molar-refractivity contribution < 1.29 is 4.90 Å². The van der Waals surface area contributed by atoms with E-state index in [9.17, 15) is 4.79 Å². The van der Waals surface area contributed by atoms with E-state index in [1.165, 1.54) is 11.3 Å². The van der Waals surface area contributed by atoms with Crippen LogP contribution in [0.25, 0.3) is 10.9 Å². The molecule has 5 rings (SSSR count). The Kier molecular flexibility index (Phi) is 5.34. The lowest BCUT2D eigenvalue weighted by Gasteiger charge is -2.30. The number of fused-ring (bicyclic) bond motifs is 1. The number of hydrogen-bond donors (Lipinski definition) is 2. The van der Waals surface area contributed by atoms with Crippen LogP contribution in [-0.2, 0) is 6.54 Å². The molecule has 3 heterocycles. The molecular weight excluding hydrogens is 388 g/mol. The monoisotopic (exact) mass is 415 g/mol. The standard InChI is InChI=1S/C24H26N6O/c1-17-9-8-12-19-15-20(24(31)25-21(17)19)22(29-13-6-3-7-14-29)23-26-27-28-30(23)16-18-10-4-2-5-11-18/h2,4-5,8-12,15,22H,3,6-7,13-14,16H2,1H3,(H,25,31)/p+1/t22-/m0/s1. The van der Waals surface area contributed by atoms with Crippen molar-refractivity contribution in [2.24, 2.45) is 0 Å². The van der Waals surface area contributed by atoms with Crippen LogP contribution in [0.2, 0.25) is 0 Å². The van der Waals surface area contributed by atoms with Gasteiger partial charge in [0.15, 0.2) is 6.04 Å². The van der Waals surface area contributed by atoms with Crippen LogP contribution in [0.4, 0.5) is 0 Å². The molecule has 0 saturated carbocycles. The molecule has 7 nitrogen and oxygen atoms in total. The van der Waals surface area contributed by atoms with Crippen LogP contribution in [0, 0.1) is 6.92 Å². The predicted octanol–water partition coefficient (Wildman–Crippen LogP) is 2.03. The SMILES string of the molecule is Cc1cccc2cc([C@@H](c3nnnn3Cc3ccccc3)[NH+]3CCCCC3)c(=O)[nH]c12. The van der Waals surface area contributed by atoms with Crippen LogP contribution in [0.3, 0.4) is 0 Å². The Hall–Kier alpha value is -3.32. The summed E-state index contributed by atoms with van der Waals surface area (Å²) in [6.07, 6.45) is 3.53. The van der Waals surface area contributed by atoms with Gasteiger partial charge in [-0.1, -0.05) is 48.5 Å². The number of piperidine rings is 1. The number of hydrogen-bond acceptors (Lipinski definition) is 4. The zero-order chi connectivity index (χ0) is 21.2. The number of nitrogens with one attached hydrogen (secondary N) is 2. The molecule has 7 heteroatoms. The Morgan fingerprint density at radius 3 is 2.68 bits per heavy atom. The Morgan fingerprint density at radius 2 is 1.87 bits per heavy atom. The van der Waals surface area contributed by atoms with Crippen LogP contribution in [0.15, 0.2) is 59.4 Å². The molecule has 4 aromatic rings. The Morgan fingerprint density at radius 1 is 1.06 bits per heavy atom. The average molecular weight is 416 g/mol. The van der Waals surface area contributed by atoms with Gasteiger partial charge in [0.25, 0.3) is 5.56 Å². The highest BCUT2D eigenvalue weighted by molar-refractivity contribution is 5.82. The number of tetrazole rings is 1. The van der Waals surface area contributed by atoms with Crippen molar-refractivity contribution in [3.05, 3.63) is 87.5 Å². The first kappa shape index (κ1) is 19.6. The number of H-pyrrole nitrogens is 1. The van der Waals surface area contributed by atoms with Gasteiger partial charge in [-0.15, -0.1) is 5.10 Å². The molecule has 2 N–H and O–H groups in total. The van der Waals surface area contributed by atoms with E-state index in [2.05, 4.69) is 38.7 Å². The lowest BCUT2D eigenvalue weighted by atomic mass is 9.99. The van der Waals surface area contributed by atoms with Gasteiger partial charge in [-0.3, -0.25) is 4.79 Å². The van der Waals surface area contributed by atoms with Gasteiger partial charge in [0.2, 0.25) is 5.82 Å². The molecule has 0 aliphatic carbocycles. The molecule has 1 saturated heterocycles. The van der Waals surface area contributed by atoms with Gasteiger partial charge in [0.1, 0.15) is 0 Å². The second kappa shape index (κ2) is 8.43. The first-order valence-corrected chi connectivity index (χ1v) is 11.0. The summed E-state index contributed by atoms with van der Waals surface area (Å²) in [7, 11) is 0. The summed E-state index contributed by atoms with van der Waals surface area (Å²) in [6, 6.07) is 18.1. The molecule has 0 spiro atoms. The van der Waals surface area contributed by atoms with E-state index in [0.717, 1.165) is 59.3 Å². The van der Waals surface area contributed by atoms with Gasteiger partial charge in [0.05, 0.1) is 30.7 Å². The number of rotatable bonds is 5. The molecule has 1 aliphatic rings. The molecule has 0 bridgehead atoms. The minimum atomic E-state index is -0.201. The average Bonchev–Trinajstić information content (AvgIpc) is 3.24. The second-order valence-corrected chi connectivity index (χ2v) is 8.43. The minimum Gasteiger partial charge on any atom is -0.322 e. The highest BCUT2D eigenvalue weighted by Crippen LogP contribution is 2.21. The Balaban J connectivity index is 1.63. The van der Waals surface area contributed by atoms with Crippen molar-refractivity contribution in [1.29, 1.82) is 0 Å². The third-order valence-electron chi connectivity index (χ3n) is 6.32. The van der Waals surface area contributed by atoms with E-state index in [0.29, 0.717) is 6.54 Å². The highest BCUT2D eigenvalue weighted by Gasteiger charge is 2.34. The zero-order valence-corrected chi connectivity index (χ0v) is 17.7. The molecule has 2 aromatic carbocycles. The van der Waals surface area contributed by atoms with Crippen molar-refractivity contribution in [1.82, 2.24) is 25.2 Å². The van der Waals surface area contributed by atoms with Crippen molar-refractivity contribution in [2.75, 3.05) is 13.1 Å². The normalized spacial score (nSPS) is 15.9. The van der Waals surface area contributed by atoms with Gasteiger partial charge >= 0.3 is 0 Å². The van der Waals surface area contributed by atoms with Crippen LogP contribution in [0.1, 0.15) is 47.8 Å². The smallest absolute Gasteiger partial charge is 0.258 e. The van der Waals surface area contributed by atoms with E-state index in [-0.39, 0.29) is 11.6 Å². The van der Waals surface area contributed by atoms with E-state index in [4.69, 9.17) is 0 Å². The van der Waals surface area contributed by atoms with Gasteiger partial charge in [0, 0.05) is 0 Å². The molecule has 0 radical (unpaired) electrons. The highest BCUT2D eigenvalue weighted by atomic mass is 16.1. The summed E-state index contributed by atoms with van der Waals surface area (Å²) in [5, 5.41) is 13.8. The first-order valence-electron chi connectivity index (χ1n) is 11.0. The maximum Gasteiger partial charge on any atom is 0.258 e. The summed E-state index contributed by atoms with van der Waals surface area (Å²) in [5.41, 5.74) is 3.77.